The van der Waals surface area contributed by atoms with Crippen molar-refractivity contribution < 1.29 is 14.7 Å². The van der Waals surface area contributed by atoms with E-state index in [-0.39, 0.29) is 69.2 Å². The van der Waals surface area contributed by atoms with Gasteiger partial charge < -0.3 is 10.0 Å². The molecule has 1 aliphatic rings. The highest BCUT2D eigenvalue weighted by atomic mass is 35.5. The molecule has 0 aliphatic carbocycles. The second-order valence-corrected chi connectivity index (χ2v) is 16.5. The number of unbranched alkanes of at least 4 members (excludes halogenated alkanes) is 10. The lowest BCUT2D eigenvalue weighted by atomic mass is 10.1. The van der Waals surface area contributed by atoms with Crippen LogP contribution in [0.25, 0.3) is 5.69 Å². The summed E-state index contributed by atoms with van der Waals surface area (Å²) >= 11 is 26.6. The molecule has 1 saturated heterocycles. The zero-order chi connectivity index (χ0) is 41.6. The van der Waals surface area contributed by atoms with Crippen molar-refractivity contribution in [2.75, 3.05) is 16.3 Å². The van der Waals surface area contributed by atoms with E-state index in [0.29, 0.717) is 29.0 Å². The molecule has 4 aromatic rings. The number of amides is 2. The van der Waals surface area contributed by atoms with Gasteiger partial charge in [-0.2, -0.15) is 5.11 Å². The first-order chi connectivity index (χ1) is 28.0. The summed E-state index contributed by atoms with van der Waals surface area (Å²) in [6.07, 6.45) is 19.8. The molecule has 1 aromatic heterocycles. The molecule has 1 atom stereocenters. The van der Waals surface area contributed by atoms with E-state index in [1.165, 1.54) is 80.9 Å². The second kappa shape index (κ2) is 22.3. The molecule has 2 N–H and O–H groups in total. The first-order valence-electron chi connectivity index (χ1n) is 20.2. The molecule has 1 fully saturated rings. The third-order valence-corrected chi connectivity index (χ3v) is 11.3. The number of para-hydroxylation sites is 2. The summed E-state index contributed by atoms with van der Waals surface area (Å²) in [4.78, 5) is 43.5. The van der Waals surface area contributed by atoms with Gasteiger partial charge in [0.15, 0.2) is 11.5 Å². The Labute approximate surface area is 360 Å². The van der Waals surface area contributed by atoms with Crippen molar-refractivity contribution in [1.29, 1.82) is 0 Å². The zero-order valence-corrected chi connectivity index (χ0v) is 36.2. The molecule has 0 saturated carbocycles. The smallest absolute Gasteiger partial charge is 0.301 e. The van der Waals surface area contributed by atoms with Gasteiger partial charge in [0.1, 0.15) is 11.4 Å². The van der Waals surface area contributed by atoms with Crippen LogP contribution in [0.5, 0.6) is 5.75 Å². The van der Waals surface area contributed by atoms with Crippen LogP contribution in [0.4, 0.5) is 28.6 Å². The van der Waals surface area contributed by atoms with Gasteiger partial charge in [-0.15, -0.1) is 16.7 Å². The number of anilines is 3. The minimum Gasteiger partial charge on any atom is -0.508 e. The van der Waals surface area contributed by atoms with Crippen molar-refractivity contribution in [3.63, 3.8) is 0 Å². The summed E-state index contributed by atoms with van der Waals surface area (Å²) in [7, 11) is 0. The average Bonchev–Trinajstić information content (AvgIpc) is 3.70. The summed E-state index contributed by atoms with van der Waals surface area (Å²) in [6.45, 7) is 4.11. The minimum absolute atomic E-state index is 0.0864. The highest BCUT2D eigenvalue weighted by Crippen LogP contribution is 2.41. The van der Waals surface area contributed by atoms with Gasteiger partial charge in [0, 0.05) is 24.4 Å². The van der Waals surface area contributed by atoms with Gasteiger partial charge >= 0.3 is 5.56 Å². The maximum Gasteiger partial charge on any atom is 0.301 e. The Morgan fingerprint density at radius 2 is 1.45 bits per heavy atom. The number of aromatic hydroxyl groups is 1. The van der Waals surface area contributed by atoms with E-state index in [2.05, 4.69) is 34.4 Å². The van der Waals surface area contributed by atoms with Crippen molar-refractivity contribution in [1.82, 2.24) is 9.78 Å². The molecule has 0 radical (unpaired) electrons. The third-order valence-electron chi connectivity index (χ3n) is 10.2. The number of imide groups is 1. The normalized spacial score (nSPS) is 13.8. The number of nitrogens with zero attached hydrogens (tertiary/aromatic N) is 5. The lowest BCUT2D eigenvalue weighted by Gasteiger charge is -2.30. The highest BCUT2D eigenvalue weighted by Gasteiger charge is 2.34. The fourth-order valence-electron chi connectivity index (χ4n) is 7.00. The third kappa shape index (κ3) is 12.0. The Bertz CT molecular complexity index is 2110. The van der Waals surface area contributed by atoms with Crippen LogP contribution < -0.4 is 15.4 Å². The predicted molar refractivity (Wildman–Crippen MR) is 238 cm³/mol. The number of hydrogen-bond donors (Lipinski definition) is 2. The van der Waals surface area contributed by atoms with Gasteiger partial charge in [-0.05, 0) is 80.6 Å². The number of nitrogens with one attached hydrogen (secondary N) is 1. The van der Waals surface area contributed by atoms with E-state index >= 15 is 0 Å². The number of halogens is 4. The molecule has 0 spiro atoms. The number of carbonyl (C=O) groups is 2. The molecule has 2 amide bonds. The molecule has 3 aromatic carbocycles. The van der Waals surface area contributed by atoms with Crippen LogP contribution in [0.3, 0.4) is 0 Å². The van der Waals surface area contributed by atoms with E-state index in [1.807, 2.05) is 0 Å². The number of rotatable bonds is 22. The summed E-state index contributed by atoms with van der Waals surface area (Å²) in [6, 6.07) is 14.6. The van der Waals surface area contributed by atoms with Crippen molar-refractivity contribution >= 4 is 86.8 Å². The summed E-state index contributed by atoms with van der Waals surface area (Å²) in [5.41, 5.74) is 1.10. The SMILES string of the molecule is CCCCCCCCCCCC/C=C/CCC(Cl)CN(c1ccccc1N1C(=O)CCC1=O)c1[nH]n(-c2c(Cl)cc(Cl)cc2Cl)c(=O)c1/N=N/c1ccc(O)c(C)c1. The Kier molecular flexibility index (Phi) is 17.3. The van der Waals surface area contributed by atoms with Gasteiger partial charge in [0.05, 0.1) is 32.5 Å². The van der Waals surface area contributed by atoms with E-state index in [0.717, 1.165) is 23.9 Å². The number of phenolic OH excluding ortho intramolecular Hbond substituents is 1. The lowest BCUT2D eigenvalue weighted by molar-refractivity contribution is -0.121. The Morgan fingerprint density at radius 1 is 0.828 bits per heavy atom. The Morgan fingerprint density at radius 3 is 2.10 bits per heavy atom. The first-order valence-corrected chi connectivity index (χ1v) is 21.8. The molecular weight excluding hydrogens is 818 g/mol. The number of H-pyrrole nitrogens is 1. The number of alkyl halides is 1. The topological polar surface area (TPSA) is 123 Å². The quantitative estimate of drug-likeness (QED) is 0.0268. The van der Waals surface area contributed by atoms with E-state index in [4.69, 9.17) is 46.4 Å². The Balaban J connectivity index is 1.44. The standard InChI is InChI=1S/C44H52Cl4N6O4/c1-3-4-5-6-7-8-9-10-11-12-13-14-15-16-19-31(45)29-52(36-20-17-18-21-37(36)53-39(56)24-25-40(53)57)43-41(50-49-33-22-23-38(55)30(2)26-33)44(58)54(51-43)42-34(47)27-32(46)28-35(42)48/h14-15,17-18,20-23,26-28,31,51,55H,3-13,16,19,24-25,29H2,1-2H3/b15-14+,50-49+. The van der Waals surface area contributed by atoms with Crippen LogP contribution in [0.1, 0.15) is 109 Å². The Hall–Kier alpha value is -4.09. The monoisotopic (exact) mass is 868 g/mol. The van der Waals surface area contributed by atoms with Crippen LogP contribution in [0.15, 0.2) is 81.8 Å². The number of aromatic amines is 1. The summed E-state index contributed by atoms with van der Waals surface area (Å²) in [5.74, 6) is -0.409. The van der Waals surface area contributed by atoms with Crippen molar-refractivity contribution in [3.8, 4) is 11.4 Å². The maximum atomic E-state index is 14.4. The van der Waals surface area contributed by atoms with Gasteiger partial charge in [-0.1, -0.05) is 124 Å². The van der Waals surface area contributed by atoms with Crippen LogP contribution in [-0.4, -0.2) is 38.6 Å². The highest BCUT2D eigenvalue weighted by molar-refractivity contribution is 6.40. The number of benzene rings is 3. The van der Waals surface area contributed by atoms with Crippen molar-refractivity contribution in [3.05, 3.63) is 97.7 Å². The molecule has 58 heavy (non-hydrogen) atoms. The fourth-order valence-corrected chi connectivity index (χ4v) is 8.25. The molecule has 5 rings (SSSR count). The van der Waals surface area contributed by atoms with Gasteiger partial charge in [0.25, 0.3) is 0 Å². The zero-order valence-electron chi connectivity index (χ0n) is 33.2. The second-order valence-electron chi connectivity index (χ2n) is 14.7. The molecule has 2 heterocycles. The molecule has 14 heteroatoms. The molecule has 1 unspecified atom stereocenters. The molecular formula is C44H52Cl4N6O4. The van der Waals surface area contributed by atoms with E-state index in [9.17, 15) is 19.5 Å². The minimum atomic E-state index is -0.641. The van der Waals surface area contributed by atoms with Gasteiger partial charge in [-0.3, -0.25) is 19.5 Å². The molecule has 10 nitrogen and oxygen atoms in total. The van der Waals surface area contributed by atoms with Gasteiger partial charge in [0.2, 0.25) is 11.8 Å². The number of aromatic nitrogens is 2. The molecule has 310 valence electrons. The predicted octanol–water partition coefficient (Wildman–Crippen LogP) is 13.6. The lowest BCUT2D eigenvalue weighted by Crippen LogP contribution is -2.32. The van der Waals surface area contributed by atoms with E-state index in [1.54, 1.807) is 48.2 Å². The fraction of sp³-hybridized carbons (Fsp3) is 0.432. The number of hydrogen-bond acceptors (Lipinski definition) is 7. The molecule has 0 bridgehead atoms. The van der Waals surface area contributed by atoms with Gasteiger partial charge in [-0.25, -0.2) is 9.58 Å². The summed E-state index contributed by atoms with van der Waals surface area (Å²) < 4.78 is 1.16. The number of carbonyl (C=O) groups excluding carboxylic acids is 2. The van der Waals surface area contributed by atoms with Crippen molar-refractivity contribution in [2.45, 2.75) is 116 Å². The number of aryl methyl sites for hydroxylation is 1. The van der Waals surface area contributed by atoms with Crippen LogP contribution >= 0.6 is 46.4 Å². The van der Waals surface area contributed by atoms with Crippen molar-refractivity contribution in [2.24, 2.45) is 10.2 Å². The first kappa shape index (κ1) is 45.0. The van der Waals surface area contributed by atoms with Crippen LogP contribution in [-0.2, 0) is 9.59 Å². The maximum absolute atomic E-state index is 14.4. The number of phenols is 1. The van der Waals surface area contributed by atoms with Crippen LogP contribution in [0, 0.1) is 6.92 Å². The van der Waals surface area contributed by atoms with E-state index < -0.39 is 10.9 Å². The molecule has 1 aliphatic heterocycles. The van der Waals surface area contributed by atoms with Crippen LogP contribution in [0.2, 0.25) is 15.1 Å². The largest absolute Gasteiger partial charge is 0.508 e. The number of allylic oxidation sites excluding steroid dienone is 2. The summed E-state index contributed by atoms with van der Waals surface area (Å²) in [5, 5.41) is 22.1. The number of azo groups is 1. The average molecular weight is 871 g/mol.